The van der Waals surface area contributed by atoms with Crippen molar-refractivity contribution in [3.8, 4) is 22.4 Å². The zero-order valence-electron chi connectivity index (χ0n) is 15.8. The van der Waals surface area contributed by atoms with Crippen LogP contribution in [0.1, 0.15) is 6.92 Å². The van der Waals surface area contributed by atoms with Crippen molar-refractivity contribution in [1.82, 2.24) is 19.7 Å². The van der Waals surface area contributed by atoms with E-state index in [2.05, 4.69) is 20.6 Å². The zero-order valence-corrected chi connectivity index (χ0v) is 16.6. The maximum absolute atomic E-state index is 11.8. The molecular formula is C21H21ClN6O. The van der Waals surface area contributed by atoms with E-state index in [4.69, 9.17) is 5.73 Å². The summed E-state index contributed by atoms with van der Waals surface area (Å²) in [5.74, 6) is 0.494. The lowest BCUT2D eigenvalue weighted by Crippen LogP contribution is -2.28. The minimum absolute atomic E-state index is 0. The number of nitrogens with one attached hydrogen (secondary N) is 2. The normalized spacial score (nSPS) is 10.4. The highest BCUT2D eigenvalue weighted by atomic mass is 35.5. The van der Waals surface area contributed by atoms with Gasteiger partial charge in [0.1, 0.15) is 11.5 Å². The van der Waals surface area contributed by atoms with Crippen molar-refractivity contribution in [3.05, 3.63) is 67.1 Å². The molecule has 4 rings (SSSR count). The molecule has 8 heteroatoms. The van der Waals surface area contributed by atoms with Gasteiger partial charge in [-0.15, -0.1) is 12.4 Å². The number of halogens is 1. The van der Waals surface area contributed by atoms with Gasteiger partial charge in [-0.1, -0.05) is 12.1 Å². The molecule has 3 aromatic heterocycles. The molecule has 4 aromatic rings. The SMILES string of the molecule is CCNC(=O)Nc1cccc(-c2cnc3cc(-c4ccc(N)nc4)ccn23)c1.Cl. The molecule has 0 unspecified atom stereocenters. The number of benzene rings is 1. The van der Waals surface area contributed by atoms with Gasteiger partial charge in [0.2, 0.25) is 0 Å². The van der Waals surface area contributed by atoms with Crippen LogP contribution >= 0.6 is 12.4 Å². The van der Waals surface area contributed by atoms with Crippen molar-refractivity contribution < 1.29 is 4.79 Å². The highest BCUT2D eigenvalue weighted by Crippen LogP contribution is 2.26. The fourth-order valence-corrected chi connectivity index (χ4v) is 3.04. The molecule has 0 radical (unpaired) electrons. The van der Waals surface area contributed by atoms with Crippen LogP contribution in [-0.2, 0) is 0 Å². The molecule has 0 saturated heterocycles. The molecule has 0 saturated carbocycles. The first-order valence-corrected chi connectivity index (χ1v) is 8.98. The fraction of sp³-hybridized carbons (Fsp3) is 0.0952. The van der Waals surface area contributed by atoms with Crippen LogP contribution in [0.3, 0.4) is 0 Å². The van der Waals surface area contributed by atoms with Gasteiger partial charge in [0.15, 0.2) is 0 Å². The summed E-state index contributed by atoms with van der Waals surface area (Å²) in [6.07, 6.45) is 5.56. The first-order valence-electron chi connectivity index (χ1n) is 8.98. The summed E-state index contributed by atoms with van der Waals surface area (Å²) in [4.78, 5) is 20.4. The molecule has 4 N–H and O–H groups in total. The summed E-state index contributed by atoms with van der Waals surface area (Å²) in [6.45, 7) is 2.45. The summed E-state index contributed by atoms with van der Waals surface area (Å²) in [5.41, 5.74) is 11.1. The Hall–Kier alpha value is -3.58. The van der Waals surface area contributed by atoms with E-state index in [0.717, 1.165) is 33.7 Å². The second-order valence-electron chi connectivity index (χ2n) is 6.32. The maximum atomic E-state index is 11.8. The predicted molar refractivity (Wildman–Crippen MR) is 118 cm³/mol. The molecule has 7 nitrogen and oxygen atoms in total. The molecule has 0 bridgehead atoms. The third-order valence-electron chi connectivity index (χ3n) is 4.39. The minimum atomic E-state index is -0.223. The molecule has 3 heterocycles. The van der Waals surface area contributed by atoms with Gasteiger partial charge < -0.3 is 16.4 Å². The van der Waals surface area contributed by atoms with Crippen LogP contribution in [0.15, 0.2) is 67.1 Å². The van der Waals surface area contributed by atoms with Gasteiger partial charge in [0.05, 0.1) is 11.9 Å². The summed E-state index contributed by atoms with van der Waals surface area (Å²) in [7, 11) is 0. The highest BCUT2D eigenvalue weighted by Gasteiger charge is 2.09. The van der Waals surface area contributed by atoms with Gasteiger partial charge in [-0.05, 0) is 48.9 Å². The van der Waals surface area contributed by atoms with E-state index in [-0.39, 0.29) is 18.4 Å². The largest absolute Gasteiger partial charge is 0.384 e. The number of hydrogen-bond donors (Lipinski definition) is 3. The lowest BCUT2D eigenvalue weighted by Gasteiger charge is -2.08. The molecule has 0 atom stereocenters. The van der Waals surface area contributed by atoms with E-state index in [1.807, 2.05) is 66.2 Å². The van der Waals surface area contributed by atoms with Crippen molar-refractivity contribution in [1.29, 1.82) is 0 Å². The summed E-state index contributed by atoms with van der Waals surface area (Å²) in [6, 6.07) is 15.2. The number of urea groups is 1. The van der Waals surface area contributed by atoms with E-state index in [0.29, 0.717) is 12.4 Å². The monoisotopic (exact) mass is 408 g/mol. The molecule has 2 amide bonds. The number of fused-ring (bicyclic) bond motifs is 1. The highest BCUT2D eigenvalue weighted by molar-refractivity contribution is 5.90. The first-order chi connectivity index (χ1) is 13.6. The van der Waals surface area contributed by atoms with Crippen LogP contribution in [0.4, 0.5) is 16.3 Å². The Kier molecular flexibility index (Phi) is 5.99. The first kappa shape index (κ1) is 20.2. The summed E-state index contributed by atoms with van der Waals surface area (Å²) < 4.78 is 2.01. The maximum Gasteiger partial charge on any atom is 0.319 e. The number of imidazole rings is 1. The quantitative estimate of drug-likeness (QED) is 0.471. The number of nitrogens with two attached hydrogens (primary N) is 1. The number of carbonyl (C=O) groups excluding carboxylic acids is 1. The second kappa shape index (κ2) is 8.62. The third kappa shape index (κ3) is 4.30. The van der Waals surface area contributed by atoms with E-state index >= 15 is 0 Å². The number of rotatable bonds is 4. The summed E-state index contributed by atoms with van der Waals surface area (Å²) >= 11 is 0. The van der Waals surface area contributed by atoms with Crippen molar-refractivity contribution >= 4 is 35.6 Å². The van der Waals surface area contributed by atoms with E-state index in [1.54, 1.807) is 12.3 Å². The van der Waals surface area contributed by atoms with Gasteiger partial charge in [-0.25, -0.2) is 14.8 Å². The Morgan fingerprint density at radius 1 is 1.03 bits per heavy atom. The fourth-order valence-electron chi connectivity index (χ4n) is 3.04. The Morgan fingerprint density at radius 3 is 2.66 bits per heavy atom. The standard InChI is InChI=1S/C21H20N6O.ClH/c1-2-23-21(28)26-17-5-3-4-15(10-17)18-13-25-20-11-14(8-9-27(18)20)16-6-7-19(22)24-12-16;/h3-13H,2H2,1H3,(H2,22,24)(H2,23,26,28);1H. The Balaban J connectivity index is 0.00000240. The molecule has 0 fully saturated rings. The smallest absolute Gasteiger partial charge is 0.319 e. The third-order valence-corrected chi connectivity index (χ3v) is 4.39. The molecule has 148 valence electrons. The van der Waals surface area contributed by atoms with Gasteiger partial charge in [-0.3, -0.25) is 4.40 Å². The lowest BCUT2D eigenvalue weighted by atomic mass is 10.1. The average molecular weight is 409 g/mol. The number of nitrogens with zero attached hydrogens (tertiary/aromatic N) is 3. The van der Waals surface area contributed by atoms with Crippen LogP contribution in [-0.4, -0.2) is 26.9 Å². The van der Waals surface area contributed by atoms with E-state index < -0.39 is 0 Å². The molecule has 0 aliphatic carbocycles. The van der Waals surface area contributed by atoms with Crippen molar-refractivity contribution in [2.45, 2.75) is 6.92 Å². The molecule has 29 heavy (non-hydrogen) atoms. The topological polar surface area (TPSA) is 97.3 Å². The number of pyridine rings is 2. The number of amides is 2. The van der Waals surface area contributed by atoms with Crippen molar-refractivity contribution in [2.75, 3.05) is 17.6 Å². The Morgan fingerprint density at radius 2 is 1.90 bits per heavy atom. The molecule has 1 aromatic carbocycles. The Bertz CT molecular complexity index is 1140. The van der Waals surface area contributed by atoms with Crippen molar-refractivity contribution in [3.63, 3.8) is 0 Å². The van der Waals surface area contributed by atoms with E-state index in [1.165, 1.54) is 0 Å². The van der Waals surface area contributed by atoms with Gasteiger partial charge in [0, 0.05) is 35.8 Å². The minimum Gasteiger partial charge on any atom is -0.384 e. The van der Waals surface area contributed by atoms with Crippen LogP contribution in [0.2, 0.25) is 0 Å². The van der Waals surface area contributed by atoms with Crippen LogP contribution < -0.4 is 16.4 Å². The molecule has 0 spiro atoms. The van der Waals surface area contributed by atoms with Gasteiger partial charge >= 0.3 is 6.03 Å². The molecular weight excluding hydrogens is 388 g/mol. The van der Waals surface area contributed by atoms with Gasteiger partial charge in [0.25, 0.3) is 0 Å². The molecule has 0 aliphatic heterocycles. The Labute approximate surface area is 174 Å². The number of aromatic nitrogens is 3. The van der Waals surface area contributed by atoms with Crippen LogP contribution in [0, 0.1) is 0 Å². The van der Waals surface area contributed by atoms with Crippen LogP contribution in [0.5, 0.6) is 0 Å². The molecule has 0 aliphatic rings. The van der Waals surface area contributed by atoms with Crippen LogP contribution in [0.25, 0.3) is 28.0 Å². The number of hydrogen-bond acceptors (Lipinski definition) is 4. The van der Waals surface area contributed by atoms with Crippen molar-refractivity contribution in [2.24, 2.45) is 0 Å². The van der Waals surface area contributed by atoms with Gasteiger partial charge in [-0.2, -0.15) is 0 Å². The summed E-state index contributed by atoms with van der Waals surface area (Å²) in [5, 5.41) is 5.55. The second-order valence-corrected chi connectivity index (χ2v) is 6.32. The predicted octanol–water partition coefficient (Wildman–Crippen LogP) is 4.21. The average Bonchev–Trinajstić information content (AvgIpc) is 3.12. The number of carbonyl (C=O) groups is 1. The zero-order chi connectivity index (χ0) is 19.5. The van der Waals surface area contributed by atoms with E-state index in [9.17, 15) is 4.79 Å². The number of anilines is 2. The number of nitrogen functional groups attached to an aromatic ring is 1. The lowest BCUT2D eigenvalue weighted by molar-refractivity contribution is 0.252.